The van der Waals surface area contributed by atoms with Crippen molar-refractivity contribution in [1.29, 1.82) is 0 Å². The van der Waals surface area contributed by atoms with E-state index in [2.05, 4.69) is 20.2 Å². The molecule has 1 aliphatic rings. The quantitative estimate of drug-likeness (QED) is 0.842. The molecular weight excluding hydrogens is 344 g/mol. The van der Waals surface area contributed by atoms with Crippen LogP contribution in [0.3, 0.4) is 0 Å². The molecule has 0 bridgehead atoms. The van der Waals surface area contributed by atoms with Gasteiger partial charge in [0.1, 0.15) is 11.5 Å². The average molecular weight is 370 g/mol. The van der Waals surface area contributed by atoms with Crippen molar-refractivity contribution in [3.05, 3.63) is 42.2 Å². The number of hydrogen-bond donors (Lipinski definition) is 1. The molecule has 2 unspecified atom stereocenters. The lowest BCUT2D eigenvalue weighted by Crippen LogP contribution is -2.44. The molecule has 2 aromatic rings. The largest absolute Gasteiger partial charge is 0.497 e. The highest BCUT2D eigenvalue weighted by Crippen LogP contribution is 2.30. The van der Waals surface area contributed by atoms with Crippen LogP contribution in [0, 0.1) is 5.92 Å². The monoisotopic (exact) mass is 370 g/mol. The number of ether oxygens (including phenoxy) is 2. The van der Waals surface area contributed by atoms with Gasteiger partial charge in [-0.15, -0.1) is 0 Å². The van der Waals surface area contributed by atoms with E-state index in [-0.39, 0.29) is 17.9 Å². The van der Waals surface area contributed by atoms with Crippen molar-refractivity contribution in [2.45, 2.75) is 25.8 Å². The number of benzene rings is 1. The van der Waals surface area contributed by atoms with E-state index in [0.29, 0.717) is 12.5 Å². The number of methoxy groups -OCH3 is 2. The van der Waals surface area contributed by atoms with Crippen molar-refractivity contribution in [2.75, 3.05) is 32.2 Å². The van der Waals surface area contributed by atoms with Gasteiger partial charge in [-0.1, -0.05) is 0 Å². The second-order valence-corrected chi connectivity index (χ2v) is 6.67. The molecule has 1 N–H and O–H groups in total. The first-order valence-electron chi connectivity index (χ1n) is 9.16. The lowest BCUT2D eigenvalue weighted by molar-refractivity contribution is -0.125. The van der Waals surface area contributed by atoms with Crippen LogP contribution in [0.15, 0.2) is 36.7 Å². The van der Waals surface area contributed by atoms with E-state index >= 15 is 0 Å². The second kappa shape index (κ2) is 8.70. The lowest BCUT2D eigenvalue weighted by Gasteiger charge is -2.32. The molecular formula is C20H26N4O3. The van der Waals surface area contributed by atoms with Gasteiger partial charge in [-0.05, 0) is 44.0 Å². The van der Waals surface area contributed by atoms with Crippen LogP contribution in [0.5, 0.6) is 11.5 Å². The summed E-state index contributed by atoms with van der Waals surface area (Å²) in [6.07, 6.45) is 5.25. The van der Waals surface area contributed by atoms with Gasteiger partial charge in [0, 0.05) is 31.0 Å². The first-order chi connectivity index (χ1) is 13.1. The zero-order chi connectivity index (χ0) is 19.2. The zero-order valence-electron chi connectivity index (χ0n) is 16.0. The number of rotatable bonds is 6. The summed E-state index contributed by atoms with van der Waals surface area (Å²) in [7, 11) is 3.25. The molecule has 1 aromatic carbocycles. The van der Waals surface area contributed by atoms with Crippen molar-refractivity contribution in [2.24, 2.45) is 5.92 Å². The normalized spacial score (nSPS) is 17.9. The Morgan fingerprint density at radius 1 is 1.26 bits per heavy atom. The van der Waals surface area contributed by atoms with Crippen LogP contribution < -0.4 is 19.7 Å². The molecule has 1 saturated heterocycles. The minimum Gasteiger partial charge on any atom is -0.497 e. The van der Waals surface area contributed by atoms with Crippen molar-refractivity contribution < 1.29 is 14.3 Å². The fraction of sp³-hybridized carbons (Fsp3) is 0.450. The summed E-state index contributed by atoms with van der Waals surface area (Å²) in [6.45, 7) is 3.45. The van der Waals surface area contributed by atoms with Gasteiger partial charge in [0.05, 0.1) is 26.2 Å². The Kier molecular flexibility index (Phi) is 6.11. The van der Waals surface area contributed by atoms with Crippen LogP contribution >= 0.6 is 0 Å². The Labute approximate surface area is 159 Å². The molecule has 144 valence electrons. The van der Waals surface area contributed by atoms with E-state index in [4.69, 9.17) is 9.47 Å². The van der Waals surface area contributed by atoms with Gasteiger partial charge in [0.25, 0.3) is 0 Å². The number of nitrogens with one attached hydrogen (secondary N) is 1. The van der Waals surface area contributed by atoms with Gasteiger partial charge in [-0.2, -0.15) is 0 Å². The maximum atomic E-state index is 12.9. The maximum absolute atomic E-state index is 12.9. The molecule has 7 nitrogen and oxygen atoms in total. The number of carbonyl (C=O) groups is 1. The summed E-state index contributed by atoms with van der Waals surface area (Å²) in [5, 5.41) is 3.12. The summed E-state index contributed by atoms with van der Waals surface area (Å²) < 4.78 is 10.7. The Bertz CT molecular complexity index is 769. The van der Waals surface area contributed by atoms with Crippen molar-refractivity contribution >= 4 is 11.9 Å². The number of anilines is 1. The number of hydrogen-bond acceptors (Lipinski definition) is 6. The van der Waals surface area contributed by atoms with Gasteiger partial charge in [0.15, 0.2) is 0 Å². The summed E-state index contributed by atoms with van der Waals surface area (Å²) >= 11 is 0. The molecule has 0 spiro atoms. The Morgan fingerprint density at radius 2 is 2.04 bits per heavy atom. The lowest BCUT2D eigenvalue weighted by atomic mass is 9.96. The SMILES string of the molecule is COc1ccc(OC)c(C(C)NC(=O)C2CCCN(c3ncccn3)C2)c1. The standard InChI is InChI=1S/C20H26N4O3/c1-14(17-12-16(26-2)7-8-18(17)27-3)23-19(25)15-6-4-11-24(13-15)20-21-9-5-10-22-20/h5,7-10,12,14-15H,4,6,11,13H2,1-3H3,(H,23,25). The molecule has 2 heterocycles. The number of aromatic nitrogens is 2. The molecule has 7 heteroatoms. The maximum Gasteiger partial charge on any atom is 0.225 e. The molecule has 0 saturated carbocycles. The predicted molar refractivity (Wildman–Crippen MR) is 103 cm³/mol. The Hall–Kier alpha value is -2.83. The summed E-state index contributed by atoms with van der Waals surface area (Å²) in [6, 6.07) is 7.20. The molecule has 27 heavy (non-hydrogen) atoms. The summed E-state index contributed by atoms with van der Waals surface area (Å²) in [4.78, 5) is 23.5. The first-order valence-corrected chi connectivity index (χ1v) is 9.16. The van der Waals surface area contributed by atoms with Crippen molar-refractivity contribution in [3.63, 3.8) is 0 Å². The van der Waals surface area contributed by atoms with Gasteiger partial charge in [-0.25, -0.2) is 9.97 Å². The second-order valence-electron chi connectivity index (χ2n) is 6.67. The summed E-state index contributed by atoms with van der Waals surface area (Å²) in [5.74, 6) is 2.08. The summed E-state index contributed by atoms with van der Waals surface area (Å²) in [5.41, 5.74) is 0.893. The molecule has 1 aliphatic heterocycles. The third-order valence-corrected chi connectivity index (χ3v) is 4.89. The minimum atomic E-state index is -0.189. The minimum absolute atomic E-state index is 0.0352. The van der Waals surface area contributed by atoms with Crippen LogP contribution in [0.2, 0.25) is 0 Å². The number of amides is 1. The highest BCUT2D eigenvalue weighted by atomic mass is 16.5. The Balaban J connectivity index is 1.68. The average Bonchev–Trinajstić information content (AvgIpc) is 2.73. The van der Waals surface area contributed by atoms with Crippen LogP contribution in [0.25, 0.3) is 0 Å². The zero-order valence-corrected chi connectivity index (χ0v) is 16.0. The van der Waals surface area contributed by atoms with E-state index in [0.717, 1.165) is 36.4 Å². The molecule has 1 fully saturated rings. The van der Waals surface area contributed by atoms with E-state index in [1.807, 2.05) is 25.1 Å². The molecule has 0 aliphatic carbocycles. The molecule has 0 radical (unpaired) electrons. The van der Waals surface area contributed by atoms with Gasteiger partial charge >= 0.3 is 0 Å². The third kappa shape index (κ3) is 4.48. The van der Waals surface area contributed by atoms with E-state index in [9.17, 15) is 4.79 Å². The highest BCUT2D eigenvalue weighted by Gasteiger charge is 2.28. The van der Waals surface area contributed by atoms with Crippen LogP contribution in [-0.2, 0) is 4.79 Å². The van der Waals surface area contributed by atoms with E-state index < -0.39 is 0 Å². The highest BCUT2D eigenvalue weighted by molar-refractivity contribution is 5.80. The number of nitrogens with zero attached hydrogens (tertiary/aromatic N) is 3. The van der Waals surface area contributed by atoms with E-state index in [1.165, 1.54) is 0 Å². The molecule has 2 atom stereocenters. The molecule has 1 aromatic heterocycles. The van der Waals surface area contributed by atoms with Crippen molar-refractivity contribution in [1.82, 2.24) is 15.3 Å². The molecule has 1 amide bonds. The predicted octanol–water partition coefficient (Wildman–Crippen LogP) is 2.59. The first kappa shape index (κ1) is 18.9. The Morgan fingerprint density at radius 3 is 2.74 bits per heavy atom. The van der Waals surface area contributed by atoms with Crippen LogP contribution in [0.1, 0.15) is 31.4 Å². The smallest absolute Gasteiger partial charge is 0.225 e. The number of carbonyl (C=O) groups excluding carboxylic acids is 1. The fourth-order valence-corrected chi connectivity index (χ4v) is 3.41. The van der Waals surface area contributed by atoms with Crippen molar-refractivity contribution in [3.8, 4) is 11.5 Å². The topological polar surface area (TPSA) is 76.6 Å². The van der Waals surface area contributed by atoms with Gasteiger partial charge < -0.3 is 19.7 Å². The number of piperidine rings is 1. The van der Waals surface area contributed by atoms with Gasteiger partial charge in [0.2, 0.25) is 11.9 Å². The van der Waals surface area contributed by atoms with E-state index in [1.54, 1.807) is 32.7 Å². The van der Waals surface area contributed by atoms with Crippen LogP contribution in [0.4, 0.5) is 5.95 Å². The van der Waals surface area contributed by atoms with Gasteiger partial charge in [-0.3, -0.25) is 4.79 Å². The molecule has 3 rings (SSSR count). The van der Waals surface area contributed by atoms with Crippen LogP contribution in [-0.4, -0.2) is 43.2 Å². The fourth-order valence-electron chi connectivity index (χ4n) is 3.41. The third-order valence-electron chi connectivity index (χ3n) is 4.89.